The number of carbonyl (C=O) groups excluding carboxylic acids is 2. The lowest BCUT2D eigenvalue weighted by molar-refractivity contribution is -0.161. The Bertz CT molecular complexity index is 1150. The van der Waals surface area contributed by atoms with Gasteiger partial charge in [0, 0.05) is 19.4 Å². The Morgan fingerprint density at radius 2 is 1.12 bits per heavy atom. The second-order valence-electron chi connectivity index (χ2n) is 15.1. The van der Waals surface area contributed by atoms with Crippen LogP contribution in [-0.4, -0.2) is 60.5 Å². The fourth-order valence-electron chi connectivity index (χ4n) is 6.00. The summed E-state index contributed by atoms with van der Waals surface area (Å²) in [6, 6.07) is 0. The number of hydrogen-bond acceptors (Lipinski definition) is 9. The van der Waals surface area contributed by atoms with E-state index >= 15 is 0 Å². The van der Waals surface area contributed by atoms with E-state index in [0.717, 1.165) is 32.1 Å². The van der Waals surface area contributed by atoms with Crippen molar-refractivity contribution in [1.29, 1.82) is 0 Å². The molecule has 58 heavy (non-hydrogen) atoms. The average Bonchev–Trinajstić information content (AvgIpc) is 3.21. The van der Waals surface area contributed by atoms with Crippen LogP contribution in [0.4, 0.5) is 0 Å². The first-order chi connectivity index (χ1) is 28.2. The number of phosphoric acid groups is 1. The molecule has 0 aliphatic heterocycles. The van der Waals surface area contributed by atoms with Gasteiger partial charge in [-0.2, -0.15) is 0 Å². The minimum atomic E-state index is -4.41. The highest BCUT2D eigenvalue weighted by molar-refractivity contribution is 7.47. The van der Waals surface area contributed by atoms with E-state index in [4.69, 9.17) is 24.3 Å². The van der Waals surface area contributed by atoms with E-state index in [-0.39, 0.29) is 32.6 Å². The van der Waals surface area contributed by atoms with Crippen molar-refractivity contribution in [2.75, 3.05) is 26.4 Å². The SMILES string of the molecule is CCCCC/C=C\C[C@H](O)/C=C/C=C\C/C=C\CCCC(=O)O[C@H](COC(=O)CCCCCCCCCCC/C=C\CCCCCCCC)COP(=O)(O)OCCN. The molecule has 0 saturated carbocycles. The van der Waals surface area contributed by atoms with Crippen molar-refractivity contribution < 1.29 is 42.7 Å². The number of rotatable bonds is 42. The zero-order valence-corrected chi connectivity index (χ0v) is 37.5. The molecule has 0 rings (SSSR count). The van der Waals surface area contributed by atoms with Gasteiger partial charge in [0.25, 0.3) is 0 Å². The normalized spacial score (nSPS) is 14.4. The van der Waals surface area contributed by atoms with Gasteiger partial charge in [0.05, 0.1) is 19.3 Å². The molecular formula is C47H84NO9P. The summed E-state index contributed by atoms with van der Waals surface area (Å²) in [7, 11) is -4.41. The van der Waals surface area contributed by atoms with Crippen LogP contribution >= 0.6 is 7.82 Å². The molecule has 1 unspecified atom stereocenters. The largest absolute Gasteiger partial charge is 0.472 e. The van der Waals surface area contributed by atoms with Crippen LogP contribution in [0.1, 0.15) is 187 Å². The van der Waals surface area contributed by atoms with Crippen LogP contribution in [0.5, 0.6) is 0 Å². The minimum absolute atomic E-state index is 0.0324. The quantitative estimate of drug-likeness (QED) is 0.0178. The molecule has 0 heterocycles. The molecule has 0 spiro atoms. The number of nitrogens with two attached hydrogens (primary N) is 1. The van der Waals surface area contributed by atoms with Gasteiger partial charge in [0.2, 0.25) is 0 Å². The van der Waals surface area contributed by atoms with Crippen molar-refractivity contribution in [2.24, 2.45) is 5.73 Å². The molecule has 0 aromatic carbocycles. The number of ether oxygens (including phenoxy) is 2. The van der Waals surface area contributed by atoms with Crippen molar-refractivity contribution in [2.45, 2.75) is 199 Å². The maximum Gasteiger partial charge on any atom is 0.472 e. The van der Waals surface area contributed by atoms with Gasteiger partial charge in [-0.1, -0.05) is 164 Å². The van der Waals surface area contributed by atoms with Crippen molar-refractivity contribution >= 4 is 19.8 Å². The summed E-state index contributed by atoms with van der Waals surface area (Å²) in [6.07, 6.45) is 47.1. The first kappa shape index (κ1) is 55.7. The van der Waals surface area contributed by atoms with E-state index in [0.29, 0.717) is 25.7 Å². The van der Waals surface area contributed by atoms with E-state index in [1.54, 1.807) is 6.08 Å². The molecule has 0 aromatic heterocycles. The zero-order valence-electron chi connectivity index (χ0n) is 36.6. The number of allylic oxidation sites excluding steroid dienone is 8. The van der Waals surface area contributed by atoms with Gasteiger partial charge in [-0.3, -0.25) is 18.6 Å². The third-order valence-electron chi connectivity index (χ3n) is 9.46. The lowest BCUT2D eigenvalue weighted by Crippen LogP contribution is -2.29. The molecule has 0 amide bonds. The highest BCUT2D eigenvalue weighted by Crippen LogP contribution is 2.43. The number of hydrogen-bond donors (Lipinski definition) is 3. The van der Waals surface area contributed by atoms with Crippen LogP contribution in [0, 0.1) is 0 Å². The number of esters is 2. The predicted octanol–water partition coefficient (Wildman–Crippen LogP) is 12.2. The fraction of sp³-hybridized carbons (Fsp3) is 0.745. The Morgan fingerprint density at radius 3 is 1.76 bits per heavy atom. The molecule has 0 aliphatic rings. The number of phosphoric ester groups is 1. The number of aliphatic hydroxyl groups is 1. The maximum absolute atomic E-state index is 12.6. The molecule has 0 saturated heterocycles. The van der Waals surface area contributed by atoms with Crippen molar-refractivity contribution in [3.05, 3.63) is 60.8 Å². The summed E-state index contributed by atoms with van der Waals surface area (Å²) >= 11 is 0. The molecule has 0 radical (unpaired) electrons. The second-order valence-corrected chi connectivity index (χ2v) is 16.6. The van der Waals surface area contributed by atoms with E-state index in [9.17, 15) is 24.2 Å². The van der Waals surface area contributed by atoms with Crippen LogP contribution in [0.25, 0.3) is 0 Å². The standard InChI is InChI=1S/C47H84NO9P/c1-3-5-7-9-11-12-13-14-15-16-17-18-19-20-21-22-26-30-34-38-46(50)54-42-45(43-56-58(52,53)55-41-40-48)57-47(51)39-35-31-27-24-23-25-29-33-37-44(49)36-32-28-10-8-6-4-2/h14-15,24-25,27-29,32-33,37,44-45,49H,3-13,16-23,26,30-31,34-36,38-43,48H2,1-2H3,(H,52,53)/b15-14-,27-24-,29-25-,32-28-,37-33+/t44-,45+/m0/s1. The summed E-state index contributed by atoms with van der Waals surface area (Å²) in [5.74, 6) is -0.937. The fourth-order valence-corrected chi connectivity index (χ4v) is 6.76. The molecule has 336 valence electrons. The lowest BCUT2D eigenvalue weighted by atomic mass is 10.1. The van der Waals surface area contributed by atoms with E-state index in [1.165, 1.54) is 103 Å². The van der Waals surface area contributed by atoms with E-state index in [1.807, 2.05) is 36.5 Å². The zero-order chi connectivity index (χ0) is 42.6. The number of unbranched alkanes of at least 4 members (excludes halogenated alkanes) is 19. The molecule has 0 aliphatic carbocycles. The molecule has 4 N–H and O–H groups in total. The maximum atomic E-state index is 12.6. The van der Waals surface area contributed by atoms with Gasteiger partial charge < -0.3 is 25.2 Å². The van der Waals surface area contributed by atoms with Gasteiger partial charge in [-0.25, -0.2) is 4.57 Å². The molecular weight excluding hydrogens is 753 g/mol. The smallest absolute Gasteiger partial charge is 0.462 e. The van der Waals surface area contributed by atoms with Gasteiger partial charge in [-0.05, 0) is 70.6 Å². The third-order valence-corrected chi connectivity index (χ3v) is 10.4. The monoisotopic (exact) mass is 838 g/mol. The van der Waals surface area contributed by atoms with Crippen LogP contribution < -0.4 is 5.73 Å². The highest BCUT2D eigenvalue weighted by atomic mass is 31.2. The summed E-state index contributed by atoms with van der Waals surface area (Å²) in [5, 5.41) is 10.0. The Labute approximate surface area is 353 Å². The minimum Gasteiger partial charge on any atom is -0.462 e. The van der Waals surface area contributed by atoms with Gasteiger partial charge in [-0.15, -0.1) is 0 Å². The Kier molecular flexibility index (Phi) is 41.1. The van der Waals surface area contributed by atoms with Crippen LogP contribution in [0.3, 0.4) is 0 Å². The van der Waals surface area contributed by atoms with Crippen LogP contribution in [0.2, 0.25) is 0 Å². The Morgan fingerprint density at radius 1 is 0.603 bits per heavy atom. The molecule has 3 atom stereocenters. The molecule has 0 aromatic rings. The van der Waals surface area contributed by atoms with Gasteiger partial charge in [0.1, 0.15) is 6.61 Å². The second kappa shape index (κ2) is 42.8. The van der Waals surface area contributed by atoms with Crippen LogP contribution in [0.15, 0.2) is 60.8 Å². The average molecular weight is 838 g/mol. The molecule has 10 nitrogen and oxygen atoms in total. The first-order valence-corrected chi connectivity index (χ1v) is 24.4. The van der Waals surface area contributed by atoms with Crippen LogP contribution in [-0.2, 0) is 32.7 Å². The lowest BCUT2D eigenvalue weighted by Gasteiger charge is -2.19. The summed E-state index contributed by atoms with van der Waals surface area (Å²) in [4.78, 5) is 34.9. The molecule has 0 fully saturated rings. The highest BCUT2D eigenvalue weighted by Gasteiger charge is 2.26. The van der Waals surface area contributed by atoms with E-state index in [2.05, 4.69) is 32.1 Å². The molecule has 11 heteroatoms. The summed E-state index contributed by atoms with van der Waals surface area (Å²) in [6.45, 7) is 3.54. The van der Waals surface area contributed by atoms with E-state index < -0.39 is 38.6 Å². The summed E-state index contributed by atoms with van der Waals surface area (Å²) in [5.41, 5.74) is 5.34. The van der Waals surface area contributed by atoms with Crippen molar-refractivity contribution in [3.63, 3.8) is 0 Å². The Hall–Kier alpha value is -2.33. The topological polar surface area (TPSA) is 155 Å². The van der Waals surface area contributed by atoms with Gasteiger partial charge in [0.15, 0.2) is 6.10 Å². The third kappa shape index (κ3) is 41.8. The predicted molar refractivity (Wildman–Crippen MR) is 239 cm³/mol. The number of carbonyl (C=O) groups is 2. The molecule has 0 bridgehead atoms. The number of aliphatic hydroxyl groups excluding tert-OH is 1. The first-order valence-electron chi connectivity index (χ1n) is 22.9. The summed E-state index contributed by atoms with van der Waals surface area (Å²) < 4.78 is 32.7. The van der Waals surface area contributed by atoms with Crippen molar-refractivity contribution in [3.8, 4) is 0 Å². The Balaban J connectivity index is 4.27. The van der Waals surface area contributed by atoms with Gasteiger partial charge >= 0.3 is 19.8 Å². The van der Waals surface area contributed by atoms with Crippen molar-refractivity contribution in [1.82, 2.24) is 0 Å².